The zero-order chi connectivity index (χ0) is 19.3. The number of halogens is 1. The summed E-state index contributed by atoms with van der Waals surface area (Å²) in [7, 11) is 0. The third kappa shape index (κ3) is 3.19. The Bertz CT molecular complexity index is 844. The van der Waals surface area contributed by atoms with Crippen LogP contribution in [-0.4, -0.2) is 73.9 Å². The van der Waals surface area contributed by atoms with Crippen LogP contribution in [0, 0.1) is 0 Å². The summed E-state index contributed by atoms with van der Waals surface area (Å²) in [5, 5.41) is 23.2. The lowest BCUT2D eigenvalue weighted by atomic mass is 10.1. The van der Waals surface area contributed by atoms with Gasteiger partial charge in [-0.2, -0.15) is 0 Å². The van der Waals surface area contributed by atoms with E-state index in [0.29, 0.717) is 26.1 Å². The SMILES string of the molecule is C[C@]1(/C=N/OC2CN(C(=O)c3ccc(O)c(O)c3Cl)C2)CN2C(=O)C[C@H]2S1. The monoisotopic (exact) mass is 411 g/mol. The molecule has 3 aliphatic rings. The molecule has 0 aliphatic carbocycles. The zero-order valence-corrected chi connectivity index (χ0v) is 16.0. The number of fused-ring (bicyclic) bond motifs is 1. The molecular formula is C17H18ClN3O5S. The number of carbonyl (C=O) groups is 2. The summed E-state index contributed by atoms with van der Waals surface area (Å²) < 4.78 is -0.257. The average molecular weight is 412 g/mol. The number of aromatic hydroxyl groups is 2. The third-order valence-electron chi connectivity index (χ3n) is 4.90. The molecule has 0 radical (unpaired) electrons. The highest BCUT2D eigenvalue weighted by Crippen LogP contribution is 2.45. The molecule has 0 saturated carbocycles. The van der Waals surface area contributed by atoms with Crippen molar-refractivity contribution in [3.8, 4) is 11.5 Å². The minimum Gasteiger partial charge on any atom is -0.504 e. The van der Waals surface area contributed by atoms with Crippen molar-refractivity contribution in [2.45, 2.75) is 29.6 Å². The van der Waals surface area contributed by atoms with Crippen LogP contribution < -0.4 is 0 Å². The highest BCUT2D eigenvalue weighted by atomic mass is 35.5. The second-order valence-electron chi connectivity index (χ2n) is 7.08. The fourth-order valence-electron chi connectivity index (χ4n) is 3.27. The Balaban J connectivity index is 1.28. The van der Waals surface area contributed by atoms with Crippen molar-refractivity contribution in [1.29, 1.82) is 0 Å². The molecular weight excluding hydrogens is 394 g/mol. The van der Waals surface area contributed by atoms with E-state index >= 15 is 0 Å². The first-order chi connectivity index (χ1) is 12.8. The second kappa shape index (κ2) is 6.49. The van der Waals surface area contributed by atoms with Crippen molar-refractivity contribution < 1.29 is 24.6 Å². The Morgan fingerprint density at radius 2 is 2.19 bits per heavy atom. The van der Waals surface area contributed by atoms with E-state index in [1.165, 1.54) is 17.0 Å². The molecule has 3 heterocycles. The molecule has 2 amide bonds. The van der Waals surface area contributed by atoms with Gasteiger partial charge in [0.15, 0.2) is 17.6 Å². The number of phenols is 2. The topological polar surface area (TPSA) is 103 Å². The van der Waals surface area contributed by atoms with Crippen LogP contribution in [0.3, 0.4) is 0 Å². The average Bonchev–Trinajstić information content (AvgIpc) is 2.86. The highest BCUT2D eigenvalue weighted by molar-refractivity contribution is 8.02. The molecule has 2 atom stereocenters. The lowest BCUT2D eigenvalue weighted by molar-refractivity contribution is -0.140. The van der Waals surface area contributed by atoms with E-state index < -0.39 is 5.75 Å². The van der Waals surface area contributed by atoms with Gasteiger partial charge in [-0.15, -0.1) is 11.8 Å². The summed E-state index contributed by atoms with van der Waals surface area (Å²) in [5.41, 5.74) is 0.123. The first-order valence-electron chi connectivity index (χ1n) is 8.45. The molecule has 8 nitrogen and oxygen atoms in total. The van der Waals surface area contributed by atoms with E-state index in [0.717, 1.165) is 0 Å². The number of nitrogens with zero attached hydrogens (tertiary/aromatic N) is 3. The summed E-state index contributed by atoms with van der Waals surface area (Å²) in [5.74, 6) is -1.05. The summed E-state index contributed by atoms with van der Waals surface area (Å²) in [6.45, 7) is 3.36. The Morgan fingerprint density at radius 1 is 1.44 bits per heavy atom. The van der Waals surface area contributed by atoms with E-state index in [9.17, 15) is 19.8 Å². The molecule has 3 fully saturated rings. The predicted octanol–water partition coefficient (Wildman–Crippen LogP) is 1.64. The number of oxime groups is 1. The van der Waals surface area contributed by atoms with Gasteiger partial charge in [0.1, 0.15) is 0 Å². The minimum absolute atomic E-state index is 0.123. The molecule has 0 spiro atoms. The largest absolute Gasteiger partial charge is 0.504 e. The molecule has 1 aromatic carbocycles. The van der Waals surface area contributed by atoms with Gasteiger partial charge >= 0.3 is 0 Å². The lowest BCUT2D eigenvalue weighted by Gasteiger charge is -2.37. The van der Waals surface area contributed by atoms with Crippen LogP contribution in [0.5, 0.6) is 11.5 Å². The molecule has 1 aromatic rings. The summed E-state index contributed by atoms with van der Waals surface area (Å²) in [6, 6.07) is 2.59. The number of amides is 2. The van der Waals surface area contributed by atoms with Crippen molar-refractivity contribution >= 4 is 41.4 Å². The van der Waals surface area contributed by atoms with Crippen LogP contribution in [0.2, 0.25) is 5.02 Å². The molecule has 4 rings (SSSR count). The number of phenolic OH excluding ortho intramolecular Hbond substituents is 2. The summed E-state index contributed by atoms with van der Waals surface area (Å²) >= 11 is 7.63. The predicted molar refractivity (Wildman–Crippen MR) is 100 cm³/mol. The van der Waals surface area contributed by atoms with Gasteiger partial charge in [0.2, 0.25) is 5.91 Å². The molecule has 144 valence electrons. The number of carbonyl (C=O) groups excluding carboxylic acids is 2. The molecule has 10 heteroatoms. The molecule has 2 N–H and O–H groups in total. The maximum atomic E-state index is 12.4. The van der Waals surface area contributed by atoms with Gasteiger partial charge in [0, 0.05) is 6.54 Å². The number of rotatable bonds is 4. The first kappa shape index (κ1) is 18.2. The Morgan fingerprint density at radius 3 is 2.85 bits per heavy atom. The first-order valence-corrected chi connectivity index (χ1v) is 9.70. The van der Waals surface area contributed by atoms with Gasteiger partial charge in [0.25, 0.3) is 5.91 Å². The maximum absolute atomic E-state index is 12.4. The van der Waals surface area contributed by atoms with Crippen LogP contribution >= 0.6 is 23.4 Å². The molecule has 0 aromatic heterocycles. The fraction of sp³-hybridized carbons (Fsp3) is 0.471. The Kier molecular flexibility index (Phi) is 4.38. The van der Waals surface area contributed by atoms with Crippen molar-refractivity contribution in [3.05, 3.63) is 22.7 Å². The fourth-order valence-corrected chi connectivity index (χ4v) is 4.99. The van der Waals surface area contributed by atoms with E-state index in [-0.39, 0.29) is 44.4 Å². The van der Waals surface area contributed by atoms with E-state index in [1.807, 2.05) is 11.8 Å². The van der Waals surface area contributed by atoms with E-state index in [1.54, 1.807) is 18.0 Å². The third-order valence-corrected chi connectivity index (χ3v) is 6.75. The molecule has 27 heavy (non-hydrogen) atoms. The zero-order valence-electron chi connectivity index (χ0n) is 14.5. The number of likely N-dealkylation sites (tertiary alicyclic amines) is 1. The van der Waals surface area contributed by atoms with Crippen LogP contribution in [-0.2, 0) is 9.63 Å². The number of hydrogen-bond donors (Lipinski definition) is 2. The van der Waals surface area contributed by atoms with Gasteiger partial charge in [-0.05, 0) is 19.1 Å². The van der Waals surface area contributed by atoms with E-state index in [4.69, 9.17) is 16.4 Å². The number of hydrogen-bond acceptors (Lipinski definition) is 7. The molecule has 0 unspecified atom stereocenters. The summed E-state index contributed by atoms with van der Waals surface area (Å²) in [6.07, 6.45) is 2.09. The summed E-state index contributed by atoms with van der Waals surface area (Å²) in [4.78, 5) is 32.7. The van der Waals surface area contributed by atoms with Crippen LogP contribution in [0.15, 0.2) is 17.3 Å². The standard InChI is InChI=1S/C17H18ClN3O5S/c1-17(8-21-12(23)4-13(21)27-17)7-19-26-9-5-20(6-9)16(25)10-2-3-11(22)15(24)14(10)18/h2-3,7,9,13,22,24H,4-6,8H2,1H3/b19-7+/t13-,17+/m1/s1. The number of β-lactam (4-membered cyclic amide) rings is 1. The van der Waals surface area contributed by atoms with Gasteiger partial charge in [0.05, 0.1) is 46.4 Å². The quantitative estimate of drug-likeness (QED) is 0.338. The van der Waals surface area contributed by atoms with Crippen LogP contribution in [0.1, 0.15) is 23.7 Å². The number of benzene rings is 1. The second-order valence-corrected chi connectivity index (χ2v) is 9.17. The smallest absolute Gasteiger partial charge is 0.255 e. The Hall–Kier alpha value is -2.13. The van der Waals surface area contributed by atoms with Crippen LogP contribution in [0.25, 0.3) is 0 Å². The Labute approximate surface area is 164 Å². The van der Waals surface area contributed by atoms with Gasteiger partial charge in [-0.3, -0.25) is 9.59 Å². The van der Waals surface area contributed by atoms with E-state index in [2.05, 4.69) is 5.16 Å². The van der Waals surface area contributed by atoms with Crippen molar-refractivity contribution in [2.24, 2.45) is 5.16 Å². The molecule has 3 saturated heterocycles. The number of thioether (sulfide) groups is 1. The normalized spacial score (nSPS) is 27.5. The van der Waals surface area contributed by atoms with Crippen LogP contribution in [0.4, 0.5) is 0 Å². The minimum atomic E-state index is -0.508. The van der Waals surface area contributed by atoms with Crippen molar-refractivity contribution in [2.75, 3.05) is 19.6 Å². The molecule has 3 aliphatic heterocycles. The van der Waals surface area contributed by atoms with Gasteiger partial charge in [-0.25, -0.2) is 0 Å². The van der Waals surface area contributed by atoms with Gasteiger partial charge in [-0.1, -0.05) is 16.8 Å². The van der Waals surface area contributed by atoms with Crippen molar-refractivity contribution in [1.82, 2.24) is 9.80 Å². The van der Waals surface area contributed by atoms with Crippen molar-refractivity contribution in [3.63, 3.8) is 0 Å². The van der Waals surface area contributed by atoms with Gasteiger partial charge < -0.3 is 24.9 Å². The lowest BCUT2D eigenvalue weighted by Crippen LogP contribution is -2.54. The maximum Gasteiger partial charge on any atom is 0.255 e. The highest BCUT2D eigenvalue weighted by Gasteiger charge is 2.50. The molecule has 0 bridgehead atoms.